The maximum atomic E-state index is 12.4. The molecule has 2 amide bonds. The molecule has 0 saturated heterocycles. The Morgan fingerprint density at radius 3 is 2.71 bits per heavy atom. The Morgan fingerprint density at radius 1 is 1.18 bits per heavy atom. The van der Waals surface area contributed by atoms with Crippen LogP contribution in [0.2, 0.25) is 0 Å². The number of carbonyl (C=O) groups is 2. The number of nitrogens with one attached hydrogen (secondary N) is 2. The lowest BCUT2D eigenvalue weighted by atomic mass is 10.1. The largest absolute Gasteiger partial charge is 0.441 e. The van der Waals surface area contributed by atoms with E-state index in [1.807, 2.05) is 18.2 Å². The molecule has 2 aromatic carbocycles. The number of carbonyl (C=O) groups excluding carboxylic acids is 2. The average molecular weight is 373 g/mol. The number of oxazole rings is 1. The van der Waals surface area contributed by atoms with E-state index in [-0.39, 0.29) is 18.4 Å². The molecule has 0 aliphatic rings. The van der Waals surface area contributed by atoms with Gasteiger partial charge in [0.05, 0.1) is 17.8 Å². The summed E-state index contributed by atoms with van der Waals surface area (Å²) in [5.41, 5.74) is 3.00. The fraction of sp³-hybridized carbons (Fsp3) is 0.136. The minimum absolute atomic E-state index is 0.183. The highest BCUT2D eigenvalue weighted by atomic mass is 16.4. The van der Waals surface area contributed by atoms with E-state index in [1.165, 1.54) is 6.92 Å². The van der Waals surface area contributed by atoms with E-state index in [1.54, 1.807) is 37.3 Å². The first-order valence-corrected chi connectivity index (χ1v) is 8.66. The Morgan fingerprint density at radius 2 is 1.96 bits per heavy atom. The van der Waals surface area contributed by atoms with Gasteiger partial charge in [-0.25, -0.2) is 4.98 Å². The summed E-state index contributed by atoms with van der Waals surface area (Å²) in [5, 5.41) is 5.58. The molecule has 0 unspecified atom stereocenters. The van der Waals surface area contributed by atoms with Crippen molar-refractivity contribution in [3.8, 4) is 23.8 Å². The van der Waals surface area contributed by atoms with Crippen LogP contribution >= 0.6 is 0 Å². The molecular formula is C22H19N3O3. The molecule has 0 fully saturated rings. The van der Waals surface area contributed by atoms with Crippen LogP contribution in [0.5, 0.6) is 0 Å². The van der Waals surface area contributed by atoms with Crippen molar-refractivity contribution in [2.24, 2.45) is 0 Å². The van der Waals surface area contributed by atoms with Crippen LogP contribution in [-0.4, -0.2) is 16.8 Å². The highest BCUT2D eigenvalue weighted by molar-refractivity contribution is 5.94. The first-order chi connectivity index (χ1) is 13.5. The normalized spacial score (nSPS) is 10.2. The molecule has 6 heteroatoms. The molecule has 6 nitrogen and oxygen atoms in total. The summed E-state index contributed by atoms with van der Waals surface area (Å²) in [4.78, 5) is 28.3. The highest BCUT2D eigenvalue weighted by Gasteiger charge is 2.16. The van der Waals surface area contributed by atoms with Gasteiger partial charge in [0.2, 0.25) is 11.8 Å². The standard InChI is InChI=1S/C22H19N3O3/c1-4-16-8-7-9-17(12-16)21(27)23-13-20-14(2)28-22(25-20)18-10-5-6-11-19(18)24-15(3)26/h1,5-12H,13H2,2-3H3,(H,23,27)(H,24,26). The Kier molecular flexibility index (Phi) is 5.56. The van der Waals surface area contributed by atoms with Gasteiger partial charge >= 0.3 is 0 Å². The van der Waals surface area contributed by atoms with Crippen LogP contribution in [0.1, 0.15) is 34.3 Å². The average Bonchev–Trinajstić information content (AvgIpc) is 3.06. The van der Waals surface area contributed by atoms with Gasteiger partial charge in [-0.15, -0.1) is 6.42 Å². The quantitative estimate of drug-likeness (QED) is 0.670. The smallest absolute Gasteiger partial charge is 0.251 e. The molecule has 0 radical (unpaired) electrons. The summed E-state index contributed by atoms with van der Waals surface area (Å²) in [5.74, 6) is 3.04. The molecule has 3 rings (SSSR count). The molecule has 1 heterocycles. The molecule has 0 bridgehead atoms. The van der Waals surface area contributed by atoms with Crippen molar-refractivity contribution in [1.82, 2.24) is 10.3 Å². The number of benzene rings is 2. The molecule has 0 spiro atoms. The molecule has 0 atom stereocenters. The second kappa shape index (κ2) is 8.23. The van der Waals surface area contributed by atoms with E-state index in [0.29, 0.717) is 39.7 Å². The predicted molar refractivity (Wildman–Crippen MR) is 107 cm³/mol. The van der Waals surface area contributed by atoms with Crippen molar-refractivity contribution in [1.29, 1.82) is 0 Å². The van der Waals surface area contributed by atoms with Crippen molar-refractivity contribution in [2.45, 2.75) is 20.4 Å². The first kappa shape index (κ1) is 18.9. The summed E-state index contributed by atoms with van der Waals surface area (Å²) in [6.45, 7) is 3.42. The lowest BCUT2D eigenvalue weighted by molar-refractivity contribution is -0.114. The molecule has 0 aliphatic heterocycles. The van der Waals surface area contributed by atoms with Crippen LogP contribution in [0.25, 0.3) is 11.5 Å². The van der Waals surface area contributed by atoms with E-state index in [2.05, 4.69) is 21.5 Å². The number of amides is 2. The SMILES string of the molecule is C#Cc1cccc(C(=O)NCc2nc(-c3ccccc3NC(C)=O)oc2C)c1. The van der Waals surface area contributed by atoms with E-state index in [0.717, 1.165) is 0 Å². The van der Waals surface area contributed by atoms with Gasteiger partial charge < -0.3 is 15.1 Å². The number of hydrogen-bond donors (Lipinski definition) is 2. The second-order valence-electron chi connectivity index (χ2n) is 6.16. The maximum absolute atomic E-state index is 12.4. The fourth-order valence-corrected chi connectivity index (χ4v) is 2.69. The number of hydrogen-bond acceptors (Lipinski definition) is 4. The molecule has 0 aliphatic carbocycles. The summed E-state index contributed by atoms with van der Waals surface area (Å²) in [6, 6.07) is 14.1. The minimum atomic E-state index is -0.250. The predicted octanol–water partition coefficient (Wildman–Crippen LogP) is 3.52. The highest BCUT2D eigenvalue weighted by Crippen LogP contribution is 2.28. The van der Waals surface area contributed by atoms with Crippen LogP contribution < -0.4 is 10.6 Å². The number of aromatic nitrogens is 1. The second-order valence-corrected chi connectivity index (χ2v) is 6.16. The van der Waals surface area contributed by atoms with Gasteiger partial charge in [-0.3, -0.25) is 9.59 Å². The zero-order chi connectivity index (χ0) is 20.1. The number of nitrogens with zero attached hydrogens (tertiary/aromatic N) is 1. The third-order valence-electron chi connectivity index (χ3n) is 4.07. The molecule has 2 N–H and O–H groups in total. The zero-order valence-electron chi connectivity index (χ0n) is 15.6. The molecule has 3 aromatic rings. The Balaban J connectivity index is 1.77. The van der Waals surface area contributed by atoms with Gasteiger partial charge in [-0.05, 0) is 37.3 Å². The van der Waals surface area contributed by atoms with Crippen molar-refractivity contribution in [3.63, 3.8) is 0 Å². The van der Waals surface area contributed by atoms with Gasteiger partial charge in [0.25, 0.3) is 5.91 Å². The van der Waals surface area contributed by atoms with Gasteiger partial charge in [0.1, 0.15) is 11.5 Å². The molecule has 1 aromatic heterocycles. The number of para-hydroxylation sites is 1. The van der Waals surface area contributed by atoms with E-state index >= 15 is 0 Å². The zero-order valence-corrected chi connectivity index (χ0v) is 15.6. The Hall–Kier alpha value is -3.85. The van der Waals surface area contributed by atoms with E-state index in [9.17, 15) is 9.59 Å². The van der Waals surface area contributed by atoms with Gasteiger partial charge in [-0.2, -0.15) is 0 Å². The maximum Gasteiger partial charge on any atom is 0.251 e. The summed E-state index contributed by atoms with van der Waals surface area (Å²) in [7, 11) is 0. The van der Waals surface area contributed by atoms with E-state index in [4.69, 9.17) is 10.8 Å². The van der Waals surface area contributed by atoms with E-state index < -0.39 is 0 Å². The summed E-state index contributed by atoms with van der Waals surface area (Å²) < 4.78 is 5.76. The van der Waals surface area contributed by atoms with Crippen molar-refractivity contribution in [3.05, 3.63) is 71.1 Å². The third-order valence-corrected chi connectivity index (χ3v) is 4.07. The van der Waals surface area contributed by atoms with Gasteiger partial charge in [-0.1, -0.05) is 24.1 Å². The molecule has 28 heavy (non-hydrogen) atoms. The van der Waals surface area contributed by atoms with Crippen LogP contribution in [0.15, 0.2) is 52.9 Å². The van der Waals surface area contributed by atoms with Crippen molar-refractivity contribution in [2.75, 3.05) is 5.32 Å². The van der Waals surface area contributed by atoms with Crippen molar-refractivity contribution < 1.29 is 14.0 Å². The number of anilines is 1. The van der Waals surface area contributed by atoms with Crippen LogP contribution in [0, 0.1) is 19.3 Å². The number of aryl methyl sites for hydroxylation is 1. The lowest BCUT2D eigenvalue weighted by Gasteiger charge is -2.06. The van der Waals surface area contributed by atoms with Gasteiger partial charge in [0, 0.05) is 18.1 Å². The number of rotatable bonds is 5. The number of terminal acetylenes is 1. The van der Waals surface area contributed by atoms with Crippen molar-refractivity contribution >= 4 is 17.5 Å². The van der Waals surface area contributed by atoms with Crippen LogP contribution in [-0.2, 0) is 11.3 Å². The monoisotopic (exact) mass is 373 g/mol. The summed E-state index contributed by atoms with van der Waals surface area (Å²) in [6.07, 6.45) is 5.37. The van der Waals surface area contributed by atoms with Crippen LogP contribution in [0.3, 0.4) is 0 Å². The van der Waals surface area contributed by atoms with Gasteiger partial charge in [0.15, 0.2) is 0 Å². The molecule has 140 valence electrons. The third kappa shape index (κ3) is 4.27. The first-order valence-electron chi connectivity index (χ1n) is 8.66. The topological polar surface area (TPSA) is 84.2 Å². The molecule has 0 saturated carbocycles. The Bertz CT molecular complexity index is 1080. The lowest BCUT2D eigenvalue weighted by Crippen LogP contribution is -2.23. The fourth-order valence-electron chi connectivity index (χ4n) is 2.69. The molecular weight excluding hydrogens is 354 g/mol. The van der Waals surface area contributed by atoms with Crippen LogP contribution in [0.4, 0.5) is 5.69 Å². The summed E-state index contributed by atoms with van der Waals surface area (Å²) >= 11 is 0. The Labute approximate surface area is 163 Å². The minimum Gasteiger partial charge on any atom is -0.441 e.